The summed E-state index contributed by atoms with van der Waals surface area (Å²) in [6.45, 7) is 0. The number of aromatic nitrogens is 3. The average Bonchev–Trinajstić information content (AvgIpc) is 2.53. The Balaban J connectivity index is 2.41. The van der Waals surface area contributed by atoms with Crippen molar-refractivity contribution < 1.29 is 0 Å². The second kappa shape index (κ2) is 3.27. The van der Waals surface area contributed by atoms with Crippen LogP contribution in [0.25, 0.3) is 10.7 Å². The van der Waals surface area contributed by atoms with Gasteiger partial charge >= 0.3 is 0 Å². The van der Waals surface area contributed by atoms with Crippen molar-refractivity contribution in [2.75, 3.05) is 5.73 Å². The Morgan fingerprint density at radius 1 is 1.31 bits per heavy atom. The second-order valence-corrected chi connectivity index (χ2v) is 3.90. The van der Waals surface area contributed by atoms with Gasteiger partial charge in [-0.25, -0.2) is 0 Å². The highest BCUT2D eigenvalue weighted by molar-refractivity contribution is 7.18. The quantitative estimate of drug-likeness (QED) is 0.784. The van der Waals surface area contributed by atoms with E-state index < -0.39 is 0 Å². The minimum atomic E-state index is 0.411. The molecule has 6 heteroatoms. The third kappa shape index (κ3) is 1.76. The van der Waals surface area contributed by atoms with E-state index in [1.807, 2.05) is 0 Å². The van der Waals surface area contributed by atoms with E-state index in [9.17, 15) is 0 Å². The van der Waals surface area contributed by atoms with E-state index in [1.165, 1.54) is 11.3 Å². The standard InChI is InChI=1S/C7H5ClN4S/c8-7-12-11-6(13-7)5-2-1-4(9)3-10-5/h1-3H,9H2. The van der Waals surface area contributed by atoms with Crippen molar-refractivity contribution in [1.82, 2.24) is 15.2 Å². The van der Waals surface area contributed by atoms with Gasteiger partial charge in [-0.1, -0.05) is 11.3 Å². The van der Waals surface area contributed by atoms with E-state index in [4.69, 9.17) is 17.3 Å². The number of pyridine rings is 1. The summed E-state index contributed by atoms with van der Waals surface area (Å²) in [5.74, 6) is 0. The first-order chi connectivity index (χ1) is 6.25. The van der Waals surface area contributed by atoms with Crippen LogP contribution in [0.15, 0.2) is 18.3 Å². The van der Waals surface area contributed by atoms with Crippen LogP contribution in [0, 0.1) is 0 Å². The third-order valence-corrected chi connectivity index (χ3v) is 2.45. The van der Waals surface area contributed by atoms with Crippen molar-refractivity contribution >= 4 is 28.6 Å². The zero-order valence-electron chi connectivity index (χ0n) is 6.44. The fraction of sp³-hybridized carbons (Fsp3) is 0. The predicted molar refractivity (Wildman–Crippen MR) is 52.6 cm³/mol. The molecule has 0 spiro atoms. The minimum Gasteiger partial charge on any atom is -0.397 e. The molecule has 13 heavy (non-hydrogen) atoms. The molecular formula is C7H5ClN4S. The lowest BCUT2D eigenvalue weighted by Gasteiger charge is -1.93. The molecule has 0 aliphatic rings. The van der Waals surface area contributed by atoms with Crippen LogP contribution in [0.3, 0.4) is 0 Å². The Labute approximate surface area is 83.4 Å². The number of nitrogens with zero attached hydrogens (tertiary/aromatic N) is 3. The van der Waals surface area contributed by atoms with Crippen LogP contribution in [0.5, 0.6) is 0 Å². The summed E-state index contributed by atoms with van der Waals surface area (Å²) in [4.78, 5) is 4.09. The first kappa shape index (κ1) is 8.40. The Bertz CT molecular complexity index is 411. The number of hydrogen-bond donors (Lipinski definition) is 1. The number of nitrogen functional groups attached to an aromatic ring is 1. The Morgan fingerprint density at radius 2 is 2.15 bits per heavy atom. The van der Waals surface area contributed by atoms with Gasteiger partial charge in [0.1, 0.15) is 5.69 Å². The highest BCUT2D eigenvalue weighted by Crippen LogP contribution is 2.24. The van der Waals surface area contributed by atoms with E-state index >= 15 is 0 Å². The lowest BCUT2D eigenvalue weighted by molar-refractivity contribution is 1.09. The van der Waals surface area contributed by atoms with Crippen LogP contribution in [-0.2, 0) is 0 Å². The fourth-order valence-corrected chi connectivity index (χ4v) is 1.65. The zero-order valence-corrected chi connectivity index (χ0v) is 8.01. The molecule has 0 radical (unpaired) electrons. The van der Waals surface area contributed by atoms with Crippen molar-refractivity contribution in [2.24, 2.45) is 0 Å². The fourth-order valence-electron chi connectivity index (χ4n) is 0.841. The first-order valence-electron chi connectivity index (χ1n) is 3.46. The smallest absolute Gasteiger partial charge is 0.207 e. The van der Waals surface area contributed by atoms with Gasteiger partial charge < -0.3 is 5.73 Å². The molecule has 2 N–H and O–H groups in total. The van der Waals surface area contributed by atoms with E-state index in [0.717, 1.165) is 5.69 Å². The molecular weight excluding hydrogens is 208 g/mol. The number of nitrogens with two attached hydrogens (primary N) is 1. The number of hydrogen-bond acceptors (Lipinski definition) is 5. The molecule has 4 nitrogen and oxygen atoms in total. The molecule has 2 aromatic rings. The highest BCUT2D eigenvalue weighted by atomic mass is 35.5. The van der Waals surface area contributed by atoms with Crippen LogP contribution >= 0.6 is 22.9 Å². The molecule has 0 saturated heterocycles. The minimum absolute atomic E-state index is 0.411. The summed E-state index contributed by atoms with van der Waals surface area (Å²) in [6.07, 6.45) is 1.57. The molecule has 2 heterocycles. The molecule has 0 fully saturated rings. The molecule has 0 aromatic carbocycles. The van der Waals surface area contributed by atoms with E-state index in [0.29, 0.717) is 15.2 Å². The van der Waals surface area contributed by atoms with Gasteiger partial charge in [-0.05, 0) is 23.7 Å². The van der Waals surface area contributed by atoms with E-state index in [-0.39, 0.29) is 0 Å². The Hall–Kier alpha value is -1.20. The van der Waals surface area contributed by atoms with Gasteiger partial charge in [0.05, 0.1) is 11.9 Å². The van der Waals surface area contributed by atoms with Crippen molar-refractivity contribution in [3.63, 3.8) is 0 Å². The van der Waals surface area contributed by atoms with E-state index in [1.54, 1.807) is 18.3 Å². The van der Waals surface area contributed by atoms with Gasteiger partial charge in [0.15, 0.2) is 5.01 Å². The van der Waals surface area contributed by atoms with Gasteiger partial charge in [-0.2, -0.15) is 0 Å². The summed E-state index contributed by atoms with van der Waals surface area (Å²) in [5, 5.41) is 8.23. The van der Waals surface area contributed by atoms with Crippen LogP contribution in [0.4, 0.5) is 5.69 Å². The molecule has 0 aliphatic heterocycles. The van der Waals surface area contributed by atoms with Gasteiger partial charge in [-0.3, -0.25) is 4.98 Å². The van der Waals surface area contributed by atoms with Gasteiger partial charge in [0.2, 0.25) is 4.47 Å². The normalized spacial score (nSPS) is 10.2. The molecule has 0 amide bonds. The van der Waals surface area contributed by atoms with Gasteiger partial charge in [0, 0.05) is 0 Å². The molecule has 0 bridgehead atoms. The molecule has 0 atom stereocenters. The van der Waals surface area contributed by atoms with Gasteiger partial charge in [-0.15, -0.1) is 10.2 Å². The number of anilines is 1. The van der Waals surface area contributed by atoms with Crippen molar-refractivity contribution in [2.45, 2.75) is 0 Å². The average molecular weight is 213 g/mol. The summed E-state index contributed by atoms with van der Waals surface area (Å²) >= 11 is 6.92. The Kier molecular flexibility index (Phi) is 2.12. The third-order valence-electron chi connectivity index (χ3n) is 1.41. The van der Waals surface area contributed by atoms with Crippen molar-refractivity contribution in [3.8, 4) is 10.7 Å². The molecule has 2 rings (SSSR count). The maximum atomic E-state index is 5.63. The number of halogens is 1. The van der Waals surface area contributed by atoms with Crippen molar-refractivity contribution in [3.05, 3.63) is 22.8 Å². The summed E-state index contributed by atoms with van der Waals surface area (Å²) in [5.41, 5.74) is 6.85. The predicted octanol–water partition coefficient (Wildman–Crippen LogP) is 1.84. The van der Waals surface area contributed by atoms with Crippen LogP contribution in [-0.4, -0.2) is 15.2 Å². The van der Waals surface area contributed by atoms with Crippen LogP contribution in [0.2, 0.25) is 4.47 Å². The van der Waals surface area contributed by atoms with E-state index in [2.05, 4.69) is 15.2 Å². The topological polar surface area (TPSA) is 64.7 Å². The van der Waals surface area contributed by atoms with Crippen LogP contribution in [0.1, 0.15) is 0 Å². The lowest BCUT2D eigenvalue weighted by Crippen LogP contribution is -1.87. The SMILES string of the molecule is Nc1ccc(-c2nnc(Cl)s2)nc1. The molecule has 66 valence electrons. The maximum Gasteiger partial charge on any atom is 0.207 e. The lowest BCUT2D eigenvalue weighted by atomic mass is 10.3. The highest BCUT2D eigenvalue weighted by Gasteiger charge is 2.05. The van der Waals surface area contributed by atoms with Crippen molar-refractivity contribution in [1.29, 1.82) is 0 Å². The molecule has 2 aromatic heterocycles. The molecule has 0 unspecified atom stereocenters. The van der Waals surface area contributed by atoms with Gasteiger partial charge in [0.25, 0.3) is 0 Å². The maximum absolute atomic E-state index is 5.63. The molecule has 0 aliphatic carbocycles. The summed E-state index contributed by atoms with van der Waals surface area (Å²) in [7, 11) is 0. The second-order valence-electron chi connectivity index (χ2n) is 2.34. The monoisotopic (exact) mass is 212 g/mol. The molecule has 0 saturated carbocycles. The zero-order chi connectivity index (χ0) is 9.26. The van der Waals surface area contributed by atoms with Crippen LogP contribution < -0.4 is 5.73 Å². The number of rotatable bonds is 1. The summed E-state index contributed by atoms with van der Waals surface area (Å²) in [6, 6.07) is 3.55. The largest absolute Gasteiger partial charge is 0.397 e. The first-order valence-corrected chi connectivity index (χ1v) is 4.66. The Morgan fingerprint density at radius 3 is 2.69 bits per heavy atom. The summed E-state index contributed by atoms with van der Waals surface area (Å²) < 4.78 is 0.411.